The van der Waals surface area contributed by atoms with Gasteiger partial charge in [-0.2, -0.15) is 0 Å². The molecule has 5 nitrogen and oxygen atoms in total. The predicted molar refractivity (Wildman–Crippen MR) is 77.9 cm³/mol. The topological polar surface area (TPSA) is 57.7 Å². The number of nitrogens with zero attached hydrogens (tertiary/aromatic N) is 1. The van der Waals surface area contributed by atoms with Crippen LogP contribution in [0, 0.1) is 3.57 Å². The third kappa shape index (κ3) is 3.32. The second kappa shape index (κ2) is 6.16. The molecule has 0 radical (unpaired) electrons. The highest BCUT2D eigenvalue weighted by Crippen LogP contribution is 2.22. The van der Waals surface area contributed by atoms with Gasteiger partial charge in [0.05, 0.1) is 12.6 Å². The third-order valence-corrected chi connectivity index (χ3v) is 3.06. The number of halogens is 1. The van der Waals surface area contributed by atoms with E-state index in [2.05, 4.69) is 32.3 Å². The van der Waals surface area contributed by atoms with E-state index in [1.54, 1.807) is 18.3 Å². The van der Waals surface area contributed by atoms with E-state index in [0.29, 0.717) is 5.75 Å². The van der Waals surface area contributed by atoms with E-state index in [9.17, 15) is 4.79 Å². The quantitative estimate of drug-likeness (QED) is 0.468. The van der Waals surface area contributed by atoms with E-state index in [0.717, 1.165) is 14.5 Å². The highest BCUT2D eigenvalue weighted by molar-refractivity contribution is 14.1. The van der Waals surface area contributed by atoms with Crippen LogP contribution in [0.5, 0.6) is 5.75 Å². The number of esters is 1. The minimum absolute atomic E-state index is 0.522. The number of hydrogen-bond acceptors (Lipinski definition) is 5. The van der Waals surface area contributed by atoms with Crippen LogP contribution in [-0.2, 0) is 14.3 Å². The van der Waals surface area contributed by atoms with Crippen molar-refractivity contribution in [3.8, 4) is 5.75 Å². The maximum absolute atomic E-state index is 11.4. The molecule has 0 amide bonds. The van der Waals surface area contributed by atoms with Crippen molar-refractivity contribution in [3.05, 3.63) is 34.0 Å². The van der Waals surface area contributed by atoms with Crippen molar-refractivity contribution in [1.29, 1.82) is 0 Å². The van der Waals surface area contributed by atoms with E-state index in [1.807, 2.05) is 12.1 Å². The van der Waals surface area contributed by atoms with Gasteiger partial charge in [0.15, 0.2) is 0 Å². The second-order valence-electron chi connectivity index (χ2n) is 3.72. The van der Waals surface area contributed by atoms with Gasteiger partial charge in [-0.15, -0.1) is 0 Å². The van der Waals surface area contributed by atoms with Gasteiger partial charge >= 0.3 is 5.97 Å². The Kier molecular flexibility index (Phi) is 4.54. The second-order valence-corrected chi connectivity index (χ2v) is 4.96. The summed E-state index contributed by atoms with van der Waals surface area (Å²) in [5.74, 6) is -0.0584. The average molecular weight is 373 g/mol. The molecule has 1 unspecified atom stereocenters. The molecule has 2 aromatic rings. The summed E-state index contributed by atoms with van der Waals surface area (Å²) in [7, 11) is 2.66. The van der Waals surface area contributed by atoms with Gasteiger partial charge in [0.25, 0.3) is 6.29 Å². The molecule has 100 valence electrons. The summed E-state index contributed by atoms with van der Waals surface area (Å²) in [6, 6.07) is 7.34. The van der Waals surface area contributed by atoms with Crippen LogP contribution in [0.15, 0.2) is 30.5 Å². The number of aromatic nitrogens is 1. The summed E-state index contributed by atoms with van der Waals surface area (Å²) < 4.78 is 16.0. The monoisotopic (exact) mass is 373 g/mol. The third-order valence-electron chi connectivity index (χ3n) is 2.47. The standard InChI is InChI=1S/C13H12INO4/c1-17-12(16)13(18-2)19-10-3-4-11-8(6-10)5-9(14)7-15-11/h3-7,13H,1-2H3. The SMILES string of the molecule is COC(=O)C(OC)Oc1ccc2ncc(I)cc2c1. The van der Waals surface area contributed by atoms with Gasteiger partial charge in [0.2, 0.25) is 0 Å². The first kappa shape index (κ1) is 14.0. The molecule has 6 heteroatoms. The van der Waals surface area contributed by atoms with Gasteiger partial charge in [-0.3, -0.25) is 4.98 Å². The highest BCUT2D eigenvalue weighted by atomic mass is 127. The van der Waals surface area contributed by atoms with Crippen molar-refractivity contribution >= 4 is 39.5 Å². The summed E-state index contributed by atoms with van der Waals surface area (Å²) in [4.78, 5) is 15.7. The van der Waals surface area contributed by atoms with Crippen LogP contribution in [0.2, 0.25) is 0 Å². The molecular weight excluding hydrogens is 361 g/mol. The molecule has 1 atom stereocenters. The van der Waals surface area contributed by atoms with Crippen LogP contribution in [0.25, 0.3) is 10.9 Å². The zero-order valence-electron chi connectivity index (χ0n) is 10.4. The van der Waals surface area contributed by atoms with Crippen molar-refractivity contribution < 1.29 is 19.0 Å². The van der Waals surface area contributed by atoms with E-state index < -0.39 is 12.3 Å². The molecule has 0 aliphatic rings. The van der Waals surface area contributed by atoms with Crippen LogP contribution >= 0.6 is 22.6 Å². The Morgan fingerprint density at radius 3 is 2.79 bits per heavy atom. The Morgan fingerprint density at radius 2 is 2.11 bits per heavy atom. The fourth-order valence-corrected chi connectivity index (χ4v) is 2.04. The highest BCUT2D eigenvalue weighted by Gasteiger charge is 2.20. The molecule has 1 heterocycles. The van der Waals surface area contributed by atoms with Crippen molar-refractivity contribution in [2.75, 3.05) is 14.2 Å². The molecule has 0 saturated carbocycles. The Labute approximate surface area is 124 Å². The van der Waals surface area contributed by atoms with Crippen LogP contribution < -0.4 is 4.74 Å². The number of benzene rings is 1. The summed E-state index contributed by atoms with van der Waals surface area (Å²) >= 11 is 2.19. The zero-order chi connectivity index (χ0) is 13.8. The molecule has 0 aliphatic heterocycles. The number of fused-ring (bicyclic) bond motifs is 1. The van der Waals surface area contributed by atoms with E-state index in [-0.39, 0.29) is 0 Å². The maximum atomic E-state index is 11.4. The molecule has 0 bridgehead atoms. The molecule has 2 rings (SSSR count). The van der Waals surface area contributed by atoms with Gasteiger partial charge in [0.1, 0.15) is 5.75 Å². The predicted octanol–water partition coefficient (Wildman–Crippen LogP) is 2.36. The minimum Gasteiger partial charge on any atom is -0.464 e. The van der Waals surface area contributed by atoms with Crippen LogP contribution in [-0.4, -0.2) is 31.5 Å². The van der Waals surface area contributed by atoms with Gasteiger partial charge in [0, 0.05) is 22.3 Å². The number of carbonyl (C=O) groups excluding carboxylic acids is 1. The lowest BCUT2D eigenvalue weighted by molar-refractivity contribution is -0.170. The molecule has 0 saturated heterocycles. The molecule has 1 aromatic heterocycles. The number of methoxy groups -OCH3 is 2. The number of ether oxygens (including phenoxy) is 3. The van der Waals surface area contributed by atoms with Crippen LogP contribution in [0.3, 0.4) is 0 Å². The lowest BCUT2D eigenvalue weighted by atomic mass is 10.2. The summed E-state index contributed by atoms with van der Waals surface area (Å²) in [5.41, 5.74) is 0.861. The number of carbonyl (C=O) groups is 1. The summed E-state index contributed by atoms with van der Waals surface area (Å²) in [6.07, 6.45) is 0.716. The van der Waals surface area contributed by atoms with Crippen LogP contribution in [0.1, 0.15) is 0 Å². The maximum Gasteiger partial charge on any atom is 0.376 e. The number of pyridine rings is 1. The number of rotatable bonds is 4. The van der Waals surface area contributed by atoms with Crippen molar-refractivity contribution in [3.63, 3.8) is 0 Å². The fraction of sp³-hybridized carbons (Fsp3) is 0.231. The van der Waals surface area contributed by atoms with Crippen LogP contribution in [0.4, 0.5) is 0 Å². The first-order valence-corrected chi connectivity index (χ1v) is 6.54. The lowest BCUT2D eigenvalue weighted by Crippen LogP contribution is -2.30. The van der Waals surface area contributed by atoms with Crippen molar-refractivity contribution in [2.24, 2.45) is 0 Å². The van der Waals surface area contributed by atoms with Gasteiger partial charge in [-0.25, -0.2) is 4.79 Å². The Hall–Kier alpha value is -1.41. The molecule has 19 heavy (non-hydrogen) atoms. The van der Waals surface area contributed by atoms with E-state index in [4.69, 9.17) is 9.47 Å². The number of hydrogen-bond donors (Lipinski definition) is 0. The van der Waals surface area contributed by atoms with Crippen molar-refractivity contribution in [1.82, 2.24) is 4.98 Å². The molecule has 1 aromatic carbocycles. The Bertz CT molecular complexity index is 602. The summed E-state index contributed by atoms with van der Waals surface area (Å²) in [5, 5.41) is 0.934. The van der Waals surface area contributed by atoms with Gasteiger partial charge < -0.3 is 14.2 Å². The van der Waals surface area contributed by atoms with Crippen molar-refractivity contribution in [2.45, 2.75) is 6.29 Å². The molecule has 0 aliphatic carbocycles. The smallest absolute Gasteiger partial charge is 0.376 e. The first-order valence-electron chi connectivity index (χ1n) is 5.46. The fourth-order valence-electron chi connectivity index (χ4n) is 1.57. The molecule has 0 spiro atoms. The summed E-state index contributed by atoms with van der Waals surface area (Å²) in [6.45, 7) is 0. The normalized spacial score (nSPS) is 12.2. The molecular formula is C13H12INO4. The lowest BCUT2D eigenvalue weighted by Gasteiger charge is -2.15. The Balaban J connectivity index is 2.27. The van der Waals surface area contributed by atoms with E-state index in [1.165, 1.54) is 14.2 Å². The molecule has 0 N–H and O–H groups in total. The molecule has 0 fully saturated rings. The zero-order valence-corrected chi connectivity index (χ0v) is 12.6. The first-order chi connectivity index (χ1) is 9.13. The minimum atomic E-state index is -1.07. The average Bonchev–Trinajstić information content (AvgIpc) is 2.43. The van der Waals surface area contributed by atoms with Gasteiger partial charge in [-0.05, 0) is 46.9 Å². The van der Waals surface area contributed by atoms with E-state index >= 15 is 0 Å². The van der Waals surface area contributed by atoms with Gasteiger partial charge in [-0.1, -0.05) is 0 Å². The Morgan fingerprint density at radius 1 is 1.32 bits per heavy atom. The largest absolute Gasteiger partial charge is 0.464 e.